The molecular weight excluding hydrogens is 359 g/mol. The van der Waals surface area contributed by atoms with E-state index >= 15 is 0 Å². The second kappa shape index (κ2) is 7.21. The van der Waals surface area contributed by atoms with Gasteiger partial charge in [0, 0.05) is 6.20 Å². The Balaban J connectivity index is 2.23. The van der Waals surface area contributed by atoms with Crippen LogP contribution >= 0.6 is 23.2 Å². The van der Waals surface area contributed by atoms with E-state index in [1.807, 2.05) is 0 Å². The van der Waals surface area contributed by atoms with Crippen molar-refractivity contribution < 1.29 is 14.7 Å². The highest BCUT2D eigenvalue weighted by molar-refractivity contribution is 6.42. The third-order valence-corrected chi connectivity index (χ3v) is 3.58. The number of carboxylic acid groups (broad SMARTS) is 1. The lowest BCUT2D eigenvalue weighted by Crippen LogP contribution is -2.29. The van der Waals surface area contributed by atoms with Gasteiger partial charge in [-0.05, 0) is 12.1 Å². The Morgan fingerprint density at radius 1 is 1.33 bits per heavy atom. The number of nitrogens with one attached hydrogen (secondary N) is 2. The summed E-state index contributed by atoms with van der Waals surface area (Å²) >= 11 is 11.6. The fraction of sp³-hybridized carbons (Fsp3) is 0. The molecule has 11 heteroatoms. The first kappa shape index (κ1) is 17.6. The molecule has 126 valence electrons. The molecule has 0 aliphatic carbocycles. The van der Waals surface area contributed by atoms with Crippen LogP contribution in [0, 0.1) is 0 Å². The van der Waals surface area contributed by atoms with Crippen LogP contribution < -0.4 is 21.9 Å². The molecule has 0 radical (unpaired) electrons. The van der Waals surface area contributed by atoms with Crippen molar-refractivity contribution in [3.05, 3.63) is 52.0 Å². The van der Waals surface area contributed by atoms with Gasteiger partial charge in [-0.2, -0.15) is 5.10 Å². The molecule has 0 fully saturated rings. The second-order valence-electron chi connectivity index (χ2n) is 4.52. The van der Waals surface area contributed by atoms with E-state index in [4.69, 9.17) is 39.9 Å². The van der Waals surface area contributed by atoms with Gasteiger partial charge in [-0.15, -0.1) is 0 Å². The van der Waals surface area contributed by atoms with Gasteiger partial charge in [-0.3, -0.25) is 14.9 Å². The van der Waals surface area contributed by atoms with E-state index in [1.165, 1.54) is 18.5 Å². The highest BCUT2D eigenvalue weighted by Gasteiger charge is 2.17. The summed E-state index contributed by atoms with van der Waals surface area (Å²) in [4.78, 5) is 23.3. The lowest BCUT2D eigenvalue weighted by atomic mass is 10.1. The number of H-pyrrole nitrogens is 1. The van der Waals surface area contributed by atoms with E-state index in [-0.39, 0.29) is 27.0 Å². The van der Waals surface area contributed by atoms with E-state index in [9.17, 15) is 9.59 Å². The first-order chi connectivity index (χ1) is 11.3. The van der Waals surface area contributed by atoms with Crippen LogP contribution in [0.25, 0.3) is 0 Å². The Morgan fingerprint density at radius 3 is 2.58 bits per heavy atom. The van der Waals surface area contributed by atoms with Crippen LogP contribution in [0.2, 0.25) is 10.0 Å². The Hall–Kier alpha value is -2.75. The van der Waals surface area contributed by atoms with E-state index in [1.54, 1.807) is 0 Å². The summed E-state index contributed by atoms with van der Waals surface area (Å²) < 4.78 is 0. The number of aromatic amines is 1. The topological polar surface area (TPSA) is 150 Å². The number of aromatic carboxylic acids is 1. The maximum atomic E-state index is 12.1. The molecule has 1 aromatic heterocycles. The average Bonchev–Trinajstić information content (AvgIpc) is 3.04. The van der Waals surface area contributed by atoms with Crippen LogP contribution in [0.5, 0.6) is 0 Å². The van der Waals surface area contributed by atoms with Gasteiger partial charge in [-0.1, -0.05) is 23.2 Å². The monoisotopic (exact) mass is 370 g/mol. The van der Waals surface area contributed by atoms with Crippen LogP contribution in [0.4, 0.5) is 11.4 Å². The second-order valence-corrected chi connectivity index (χ2v) is 5.33. The molecule has 0 aliphatic rings. The quantitative estimate of drug-likeness (QED) is 0.304. The molecule has 7 N–H and O–H groups in total. The highest BCUT2D eigenvalue weighted by atomic mass is 35.5. The Bertz CT molecular complexity index is 806. The zero-order valence-electron chi connectivity index (χ0n) is 12.0. The highest BCUT2D eigenvalue weighted by Crippen LogP contribution is 2.29. The lowest BCUT2D eigenvalue weighted by Gasteiger charge is -2.13. The molecule has 1 aromatic carbocycles. The van der Waals surface area contributed by atoms with Crippen molar-refractivity contribution in [2.75, 3.05) is 10.3 Å². The van der Waals surface area contributed by atoms with Gasteiger partial charge in [-0.25, -0.2) is 10.6 Å². The van der Waals surface area contributed by atoms with Crippen LogP contribution in [0.1, 0.15) is 10.4 Å². The number of carboxylic acids is 1. The number of hydrogen-bond acceptors (Lipinski definition) is 6. The smallest absolute Gasteiger partial charge is 0.337 e. The number of aromatic nitrogens is 2. The maximum Gasteiger partial charge on any atom is 0.337 e. The number of halogens is 2. The molecule has 0 aliphatic heterocycles. The first-order valence-electron chi connectivity index (χ1n) is 6.33. The van der Waals surface area contributed by atoms with Crippen molar-refractivity contribution in [1.29, 1.82) is 0 Å². The molecule has 1 heterocycles. The summed E-state index contributed by atoms with van der Waals surface area (Å²) in [6.07, 6.45) is 4.06. The minimum absolute atomic E-state index is 0.0451. The summed E-state index contributed by atoms with van der Waals surface area (Å²) in [5.74, 6) is 3.64. The molecule has 0 spiro atoms. The summed E-state index contributed by atoms with van der Waals surface area (Å²) in [7, 11) is 0. The average molecular weight is 371 g/mol. The van der Waals surface area contributed by atoms with Crippen molar-refractivity contribution in [2.24, 2.45) is 11.6 Å². The number of hydrazine groups is 1. The Labute approximate surface area is 145 Å². The molecule has 2 aromatic rings. The minimum atomic E-state index is -1.29. The molecule has 24 heavy (non-hydrogen) atoms. The number of nitrogens with two attached hydrogens (primary N) is 2. The van der Waals surface area contributed by atoms with Crippen LogP contribution in [-0.2, 0) is 4.79 Å². The number of amides is 1. The normalized spacial score (nSPS) is 11.2. The van der Waals surface area contributed by atoms with E-state index in [2.05, 4.69) is 15.5 Å². The molecule has 0 unspecified atom stereocenters. The fourth-order valence-electron chi connectivity index (χ4n) is 1.69. The lowest BCUT2D eigenvalue weighted by molar-refractivity contribution is -0.112. The molecule has 0 bridgehead atoms. The van der Waals surface area contributed by atoms with Gasteiger partial charge in [0.15, 0.2) is 0 Å². The number of carbonyl (C=O) groups excluding carboxylic acids is 1. The van der Waals surface area contributed by atoms with Crippen molar-refractivity contribution in [2.45, 2.75) is 0 Å². The molecule has 0 atom stereocenters. The third-order valence-electron chi connectivity index (χ3n) is 2.86. The maximum absolute atomic E-state index is 12.1. The van der Waals surface area contributed by atoms with Crippen molar-refractivity contribution in [3.63, 3.8) is 0 Å². The number of carbonyl (C=O) groups is 2. The number of anilines is 2. The standard InChI is InChI=1S/C13H12Cl2N6O3/c14-8-1-7(13(23)24)11(2-9(8)15)20-12(22)10(16)5-21(17)6-3-18-19-4-6/h1-5H,16-17H2,(H,18,19)(H,20,22)(H,23,24)/b10-5-. The van der Waals surface area contributed by atoms with Gasteiger partial charge in [0.05, 0.1) is 39.4 Å². The van der Waals surface area contributed by atoms with Gasteiger partial charge in [0.25, 0.3) is 5.91 Å². The summed E-state index contributed by atoms with van der Waals surface area (Å²) in [5.41, 5.74) is 5.58. The number of hydrogen-bond donors (Lipinski definition) is 5. The zero-order chi connectivity index (χ0) is 17.9. The molecule has 9 nitrogen and oxygen atoms in total. The molecule has 2 rings (SSSR count). The SMILES string of the molecule is N/C(=C\N(N)c1cn[nH]c1)C(=O)Nc1cc(Cl)c(Cl)cc1C(=O)O. The van der Waals surface area contributed by atoms with Crippen LogP contribution in [-0.4, -0.2) is 27.2 Å². The first-order valence-corrected chi connectivity index (χ1v) is 7.09. The van der Waals surface area contributed by atoms with Gasteiger partial charge in [0.1, 0.15) is 5.70 Å². The number of benzene rings is 1. The summed E-state index contributed by atoms with van der Waals surface area (Å²) in [5, 5.41) is 19.0. The number of rotatable bonds is 5. The van der Waals surface area contributed by atoms with E-state index < -0.39 is 11.9 Å². The van der Waals surface area contributed by atoms with Crippen LogP contribution in [0.15, 0.2) is 36.4 Å². The predicted molar refractivity (Wildman–Crippen MR) is 89.6 cm³/mol. The third kappa shape index (κ3) is 3.96. The number of nitrogens with zero attached hydrogens (tertiary/aromatic N) is 2. The molecule has 0 saturated heterocycles. The summed E-state index contributed by atoms with van der Waals surface area (Å²) in [6, 6.07) is 2.34. The van der Waals surface area contributed by atoms with Crippen molar-refractivity contribution >= 4 is 46.5 Å². The largest absolute Gasteiger partial charge is 0.478 e. The zero-order valence-corrected chi connectivity index (χ0v) is 13.5. The summed E-state index contributed by atoms with van der Waals surface area (Å²) in [6.45, 7) is 0. The Morgan fingerprint density at radius 2 is 2.00 bits per heavy atom. The van der Waals surface area contributed by atoms with Gasteiger partial charge >= 0.3 is 5.97 Å². The van der Waals surface area contributed by atoms with Gasteiger partial charge in [0.2, 0.25) is 0 Å². The van der Waals surface area contributed by atoms with E-state index in [0.717, 1.165) is 17.3 Å². The van der Waals surface area contributed by atoms with Gasteiger partial charge < -0.3 is 16.2 Å². The van der Waals surface area contributed by atoms with E-state index in [0.29, 0.717) is 5.69 Å². The van der Waals surface area contributed by atoms with Crippen LogP contribution in [0.3, 0.4) is 0 Å². The molecule has 1 amide bonds. The van der Waals surface area contributed by atoms with Crippen molar-refractivity contribution in [3.8, 4) is 0 Å². The molecule has 0 saturated carbocycles. The Kier molecular flexibility index (Phi) is 5.29. The minimum Gasteiger partial charge on any atom is -0.478 e. The molecular formula is C13H12Cl2N6O3. The fourth-order valence-corrected chi connectivity index (χ4v) is 2.02. The predicted octanol–water partition coefficient (Wildman–Crippen LogP) is 1.53. The van der Waals surface area contributed by atoms with Crippen molar-refractivity contribution in [1.82, 2.24) is 10.2 Å².